The molecule has 1 aromatic heterocycles. The van der Waals surface area contributed by atoms with Crippen LogP contribution in [-0.4, -0.2) is 10.8 Å². The summed E-state index contributed by atoms with van der Waals surface area (Å²) >= 11 is 0. The molecular formula is C18H19NO. The SMILES string of the molecule is CC(=O)c1ccc(-c2ccc3c(c2)CCCC3)nc1C. The Morgan fingerprint density at radius 2 is 1.80 bits per heavy atom. The molecule has 0 atom stereocenters. The molecule has 0 bridgehead atoms. The Kier molecular flexibility index (Phi) is 3.39. The first-order valence-electron chi connectivity index (χ1n) is 7.26. The highest BCUT2D eigenvalue weighted by Gasteiger charge is 2.12. The van der Waals surface area contributed by atoms with Crippen LogP contribution < -0.4 is 0 Å². The highest BCUT2D eigenvalue weighted by molar-refractivity contribution is 5.95. The van der Waals surface area contributed by atoms with Crippen LogP contribution in [0.25, 0.3) is 11.3 Å². The Balaban J connectivity index is 2.01. The number of hydrogen-bond acceptors (Lipinski definition) is 2. The van der Waals surface area contributed by atoms with Gasteiger partial charge in [0.1, 0.15) is 0 Å². The van der Waals surface area contributed by atoms with Crippen molar-refractivity contribution < 1.29 is 4.79 Å². The standard InChI is InChI=1S/C18H19NO/c1-12-17(13(2)20)9-10-18(19-12)16-8-7-14-5-3-4-6-15(14)11-16/h7-11H,3-6H2,1-2H3. The van der Waals surface area contributed by atoms with Crippen LogP contribution in [-0.2, 0) is 12.8 Å². The molecule has 0 amide bonds. The van der Waals surface area contributed by atoms with Crippen molar-refractivity contribution in [3.63, 3.8) is 0 Å². The first-order chi connectivity index (χ1) is 9.65. The summed E-state index contributed by atoms with van der Waals surface area (Å²) in [6, 6.07) is 10.5. The van der Waals surface area contributed by atoms with Gasteiger partial charge in [-0.3, -0.25) is 9.78 Å². The lowest BCUT2D eigenvalue weighted by molar-refractivity contribution is 0.101. The first-order valence-corrected chi connectivity index (χ1v) is 7.26. The normalized spacial score (nSPS) is 13.9. The molecule has 0 aliphatic heterocycles. The van der Waals surface area contributed by atoms with Crippen LogP contribution in [0.5, 0.6) is 0 Å². The average molecular weight is 265 g/mol. The number of aryl methyl sites for hydroxylation is 3. The van der Waals surface area contributed by atoms with Crippen molar-refractivity contribution in [3.05, 3.63) is 52.7 Å². The third kappa shape index (κ3) is 2.38. The number of carbonyl (C=O) groups is 1. The average Bonchev–Trinajstić information content (AvgIpc) is 2.46. The molecule has 1 aromatic carbocycles. The van der Waals surface area contributed by atoms with E-state index in [1.165, 1.54) is 36.8 Å². The Labute approximate surface area is 119 Å². The van der Waals surface area contributed by atoms with Gasteiger partial charge in [0.2, 0.25) is 0 Å². The molecule has 2 nitrogen and oxygen atoms in total. The fraction of sp³-hybridized carbons (Fsp3) is 0.333. The lowest BCUT2D eigenvalue weighted by atomic mass is 9.90. The number of nitrogens with zero attached hydrogens (tertiary/aromatic N) is 1. The molecule has 0 saturated carbocycles. The monoisotopic (exact) mass is 265 g/mol. The van der Waals surface area contributed by atoms with Crippen molar-refractivity contribution in [1.29, 1.82) is 0 Å². The van der Waals surface area contributed by atoms with Crippen LogP contribution in [0.15, 0.2) is 30.3 Å². The van der Waals surface area contributed by atoms with Gasteiger partial charge in [0, 0.05) is 16.8 Å². The van der Waals surface area contributed by atoms with Gasteiger partial charge in [-0.25, -0.2) is 0 Å². The zero-order valence-corrected chi connectivity index (χ0v) is 12.1. The predicted molar refractivity (Wildman–Crippen MR) is 81.1 cm³/mol. The predicted octanol–water partition coefficient (Wildman–Crippen LogP) is 4.14. The quantitative estimate of drug-likeness (QED) is 0.764. The van der Waals surface area contributed by atoms with Gasteiger partial charge in [0.25, 0.3) is 0 Å². The van der Waals surface area contributed by atoms with E-state index in [0.717, 1.165) is 17.0 Å². The van der Waals surface area contributed by atoms with E-state index < -0.39 is 0 Å². The molecule has 0 spiro atoms. The van der Waals surface area contributed by atoms with E-state index >= 15 is 0 Å². The molecule has 0 unspecified atom stereocenters. The summed E-state index contributed by atoms with van der Waals surface area (Å²) in [5.41, 5.74) is 6.59. The fourth-order valence-electron chi connectivity index (χ4n) is 2.99. The number of rotatable bonds is 2. The second-order valence-corrected chi connectivity index (χ2v) is 5.58. The lowest BCUT2D eigenvalue weighted by Crippen LogP contribution is -2.03. The molecule has 0 saturated heterocycles. The molecule has 102 valence electrons. The summed E-state index contributed by atoms with van der Waals surface area (Å²) in [7, 11) is 0. The molecule has 3 rings (SSSR count). The second kappa shape index (κ2) is 5.20. The molecule has 1 heterocycles. The van der Waals surface area contributed by atoms with E-state index in [-0.39, 0.29) is 5.78 Å². The molecule has 1 aliphatic carbocycles. The molecule has 2 aromatic rings. The smallest absolute Gasteiger partial charge is 0.161 e. The maximum atomic E-state index is 11.5. The van der Waals surface area contributed by atoms with Gasteiger partial charge < -0.3 is 0 Å². The molecule has 20 heavy (non-hydrogen) atoms. The summed E-state index contributed by atoms with van der Waals surface area (Å²) < 4.78 is 0. The second-order valence-electron chi connectivity index (χ2n) is 5.58. The summed E-state index contributed by atoms with van der Waals surface area (Å²) in [4.78, 5) is 16.1. The van der Waals surface area contributed by atoms with Crippen LogP contribution in [0.3, 0.4) is 0 Å². The Bertz CT molecular complexity index is 673. The van der Waals surface area contributed by atoms with E-state index in [0.29, 0.717) is 5.56 Å². The molecule has 1 aliphatic rings. The van der Waals surface area contributed by atoms with Crippen molar-refractivity contribution in [2.75, 3.05) is 0 Å². The van der Waals surface area contributed by atoms with Crippen LogP contribution >= 0.6 is 0 Å². The number of benzene rings is 1. The zero-order valence-electron chi connectivity index (χ0n) is 12.1. The molecule has 0 radical (unpaired) electrons. The number of hydrogen-bond donors (Lipinski definition) is 0. The van der Waals surface area contributed by atoms with Crippen molar-refractivity contribution in [1.82, 2.24) is 4.98 Å². The number of aromatic nitrogens is 1. The van der Waals surface area contributed by atoms with Gasteiger partial charge in [-0.2, -0.15) is 0 Å². The van der Waals surface area contributed by atoms with E-state index in [4.69, 9.17) is 0 Å². The van der Waals surface area contributed by atoms with E-state index in [1.54, 1.807) is 6.92 Å². The van der Waals surface area contributed by atoms with Crippen LogP contribution in [0.2, 0.25) is 0 Å². The number of fused-ring (bicyclic) bond motifs is 1. The molecular weight excluding hydrogens is 246 g/mol. The van der Waals surface area contributed by atoms with Gasteiger partial charge in [-0.05, 0) is 68.9 Å². The third-order valence-electron chi connectivity index (χ3n) is 4.11. The molecule has 2 heteroatoms. The topological polar surface area (TPSA) is 30.0 Å². The highest BCUT2D eigenvalue weighted by Crippen LogP contribution is 2.27. The maximum Gasteiger partial charge on any atom is 0.161 e. The summed E-state index contributed by atoms with van der Waals surface area (Å²) in [6.07, 6.45) is 4.96. The van der Waals surface area contributed by atoms with Crippen molar-refractivity contribution in [2.45, 2.75) is 39.5 Å². The van der Waals surface area contributed by atoms with Crippen molar-refractivity contribution in [2.24, 2.45) is 0 Å². The first kappa shape index (κ1) is 13.0. The number of pyridine rings is 1. The van der Waals surface area contributed by atoms with Gasteiger partial charge in [0.05, 0.1) is 5.69 Å². The Morgan fingerprint density at radius 3 is 2.50 bits per heavy atom. The van der Waals surface area contributed by atoms with Gasteiger partial charge in [-0.1, -0.05) is 12.1 Å². The summed E-state index contributed by atoms with van der Waals surface area (Å²) in [6.45, 7) is 3.49. The lowest BCUT2D eigenvalue weighted by Gasteiger charge is -2.16. The van der Waals surface area contributed by atoms with Crippen molar-refractivity contribution in [3.8, 4) is 11.3 Å². The molecule has 0 N–H and O–H groups in total. The third-order valence-corrected chi connectivity index (χ3v) is 4.11. The van der Waals surface area contributed by atoms with E-state index in [9.17, 15) is 4.79 Å². The van der Waals surface area contributed by atoms with E-state index in [2.05, 4.69) is 23.2 Å². The fourth-order valence-corrected chi connectivity index (χ4v) is 2.99. The summed E-state index contributed by atoms with van der Waals surface area (Å²) in [5.74, 6) is 0.0759. The minimum Gasteiger partial charge on any atom is -0.294 e. The van der Waals surface area contributed by atoms with E-state index in [1.807, 2.05) is 19.1 Å². The molecule has 0 fully saturated rings. The van der Waals surface area contributed by atoms with Gasteiger partial charge in [0.15, 0.2) is 5.78 Å². The number of ketones is 1. The summed E-state index contributed by atoms with van der Waals surface area (Å²) in [5, 5.41) is 0. The van der Waals surface area contributed by atoms with Crippen LogP contribution in [0.1, 0.15) is 46.9 Å². The zero-order chi connectivity index (χ0) is 14.1. The largest absolute Gasteiger partial charge is 0.294 e. The minimum atomic E-state index is 0.0759. The van der Waals surface area contributed by atoms with Gasteiger partial charge >= 0.3 is 0 Å². The van der Waals surface area contributed by atoms with Crippen LogP contribution in [0.4, 0.5) is 0 Å². The minimum absolute atomic E-state index is 0.0759. The highest BCUT2D eigenvalue weighted by atomic mass is 16.1. The number of Topliss-reactive ketones (excluding diaryl/α,β-unsaturated/α-hetero) is 1. The van der Waals surface area contributed by atoms with Crippen LogP contribution in [0, 0.1) is 6.92 Å². The maximum absolute atomic E-state index is 11.5. The van der Waals surface area contributed by atoms with Gasteiger partial charge in [-0.15, -0.1) is 0 Å². The number of carbonyl (C=O) groups excluding carboxylic acids is 1. The Hall–Kier alpha value is -1.96. The Morgan fingerprint density at radius 1 is 1.05 bits per heavy atom. The van der Waals surface area contributed by atoms with Crippen molar-refractivity contribution >= 4 is 5.78 Å².